The number of hydrogen-bond acceptors (Lipinski definition) is 2. The van der Waals surface area contributed by atoms with Gasteiger partial charge in [-0.25, -0.2) is 0 Å². The van der Waals surface area contributed by atoms with Crippen LogP contribution in [0, 0.1) is 0 Å². The van der Waals surface area contributed by atoms with Crippen LogP contribution in [0.3, 0.4) is 0 Å². The molecule has 1 aliphatic carbocycles. The van der Waals surface area contributed by atoms with Crippen molar-refractivity contribution < 1.29 is 4.74 Å². The number of nitrogens with zero attached hydrogens (tertiary/aromatic N) is 1. The molecule has 0 N–H and O–H groups in total. The number of halogens is 1. The van der Waals surface area contributed by atoms with Crippen LogP contribution in [0.2, 0.25) is 0 Å². The van der Waals surface area contributed by atoms with E-state index in [2.05, 4.69) is 43.5 Å². The molecule has 0 spiro atoms. The lowest BCUT2D eigenvalue weighted by atomic mass is 9.79. The molecule has 1 aromatic carbocycles. The first-order valence-electron chi connectivity index (χ1n) is 7.73. The van der Waals surface area contributed by atoms with Crippen molar-refractivity contribution in [1.82, 2.24) is 4.90 Å². The van der Waals surface area contributed by atoms with Crippen LogP contribution in [-0.4, -0.2) is 31.1 Å². The second-order valence-corrected chi connectivity index (χ2v) is 5.71. The SMILES string of the molecule is C=CCN(CCC)[C@H]1CCc2c(OC)cccc2[C@H]1C.Cl. The highest BCUT2D eigenvalue weighted by Crippen LogP contribution is 2.38. The van der Waals surface area contributed by atoms with Crippen LogP contribution < -0.4 is 4.74 Å². The number of ether oxygens (including phenoxy) is 1. The fourth-order valence-corrected chi connectivity index (χ4v) is 3.56. The van der Waals surface area contributed by atoms with E-state index in [0.717, 1.165) is 25.3 Å². The number of benzene rings is 1. The van der Waals surface area contributed by atoms with Crippen molar-refractivity contribution >= 4 is 12.4 Å². The maximum absolute atomic E-state index is 5.52. The van der Waals surface area contributed by atoms with Gasteiger partial charge in [0.15, 0.2) is 0 Å². The van der Waals surface area contributed by atoms with Gasteiger partial charge in [-0.1, -0.05) is 32.1 Å². The highest BCUT2D eigenvalue weighted by molar-refractivity contribution is 5.85. The van der Waals surface area contributed by atoms with Gasteiger partial charge in [-0.2, -0.15) is 0 Å². The maximum atomic E-state index is 5.52. The van der Waals surface area contributed by atoms with Gasteiger partial charge >= 0.3 is 0 Å². The molecule has 0 aromatic heterocycles. The molecule has 1 aromatic rings. The molecular formula is C18H28ClNO. The van der Waals surface area contributed by atoms with Gasteiger partial charge in [-0.05, 0) is 48.9 Å². The summed E-state index contributed by atoms with van der Waals surface area (Å²) in [6, 6.07) is 7.09. The fraction of sp³-hybridized carbons (Fsp3) is 0.556. The van der Waals surface area contributed by atoms with Crippen molar-refractivity contribution in [2.75, 3.05) is 20.2 Å². The Morgan fingerprint density at radius 1 is 1.43 bits per heavy atom. The summed E-state index contributed by atoms with van der Waals surface area (Å²) in [6.07, 6.45) is 5.56. The van der Waals surface area contributed by atoms with Gasteiger partial charge in [-0.3, -0.25) is 4.90 Å². The Kier molecular flexibility index (Phi) is 7.27. The number of fused-ring (bicyclic) bond motifs is 1. The molecule has 2 nitrogen and oxygen atoms in total. The molecule has 1 aliphatic rings. The standard InChI is InChI=1S/C18H27NO.ClH/c1-5-12-19(13-6-2)17-11-10-16-15(14(17)3)8-7-9-18(16)20-4;/h5,7-9,14,17H,1,6,10-13H2,2-4H3;1H/t14-,17+;/m1./s1. The molecule has 0 saturated carbocycles. The van der Waals surface area contributed by atoms with Gasteiger partial charge < -0.3 is 4.74 Å². The number of hydrogen-bond donors (Lipinski definition) is 0. The summed E-state index contributed by atoms with van der Waals surface area (Å²) >= 11 is 0. The lowest BCUT2D eigenvalue weighted by molar-refractivity contribution is 0.175. The first kappa shape index (κ1) is 18.1. The number of rotatable bonds is 6. The second kappa shape index (κ2) is 8.45. The summed E-state index contributed by atoms with van der Waals surface area (Å²) in [5.74, 6) is 1.61. The Labute approximate surface area is 135 Å². The van der Waals surface area contributed by atoms with E-state index in [-0.39, 0.29) is 12.4 Å². The molecule has 0 bridgehead atoms. The molecule has 21 heavy (non-hydrogen) atoms. The molecule has 0 amide bonds. The van der Waals surface area contributed by atoms with Gasteiger partial charge in [0, 0.05) is 12.6 Å². The van der Waals surface area contributed by atoms with Crippen LogP contribution in [-0.2, 0) is 6.42 Å². The predicted octanol–water partition coefficient (Wildman–Crippen LogP) is 4.43. The van der Waals surface area contributed by atoms with E-state index in [9.17, 15) is 0 Å². The Bertz CT molecular complexity index is 461. The van der Waals surface area contributed by atoms with Crippen LogP contribution in [0.4, 0.5) is 0 Å². The second-order valence-electron chi connectivity index (χ2n) is 5.71. The first-order chi connectivity index (χ1) is 9.72. The first-order valence-corrected chi connectivity index (χ1v) is 7.73. The van der Waals surface area contributed by atoms with Crippen molar-refractivity contribution in [1.29, 1.82) is 0 Å². The molecule has 2 atom stereocenters. The molecular weight excluding hydrogens is 282 g/mol. The van der Waals surface area contributed by atoms with E-state index in [1.54, 1.807) is 7.11 Å². The lowest BCUT2D eigenvalue weighted by Gasteiger charge is -2.39. The minimum Gasteiger partial charge on any atom is -0.496 e. The van der Waals surface area contributed by atoms with Gasteiger partial charge in [-0.15, -0.1) is 19.0 Å². The average molecular weight is 310 g/mol. The van der Waals surface area contributed by atoms with Crippen LogP contribution >= 0.6 is 12.4 Å². The third-order valence-corrected chi connectivity index (χ3v) is 4.49. The Morgan fingerprint density at radius 2 is 2.19 bits per heavy atom. The van der Waals surface area contributed by atoms with Crippen LogP contribution in [0.1, 0.15) is 43.7 Å². The van der Waals surface area contributed by atoms with Gasteiger partial charge in [0.25, 0.3) is 0 Å². The predicted molar refractivity (Wildman–Crippen MR) is 92.8 cm³/mol. The smallest absolute Gasteiger partial charge is 0.122 e. The quantitative estimate of drug-likeness (QED) is 0.721. The average Bonchev–Trinajstić information content (AvgIpc) is 2.47. The third-order valence-electron chi connectivity index (χ3n) is 4.49. The molecule has 0 saturated heterocycles. The monoisotopic (exact) mass is 309 g/mol. The zero-order chi connectivity index (χ0) is 14.5. The Morgan fingerprint density at radius 3 is 2.81 bits per heavy atom. The van der Waals surface area contributed by atoms with Crippen molar-refractivity contribution in [3.05, 3.63) is 42.0 Å². The summed E-state index contributed by atoms with van der Waals surface area (Å²) < 4.78 is 5.52. The van der Waals surface area contributed by atoms with E-state index >= 15 is 0 Å². The molecule has 0 unspecified atom stereocenters. The Hall–Kier alpha value is -0.990. The van der Waals surface area contributed by atoms with E-state index in [1.807, 2.05) is 6.08 Å². The molecule has 0 heterocycles. The van der Waals surface area contributed by atoms with Gasteiger partial charge in [0.2, 0.25) is 0 Å². The Balaban J connectivity index is 0.00000220. The molecule has 0 fully saturated rings. The van der Waals surface area contributed by atoms with Crippen molar-refractivity contribution in [3.8, 4) is 5.75 Å². The zero-order valence-electron chi connectivity index (χ0n) is 13.5. The molecule has 3 heteroatoms. The van der Waals surface area contributed by atoms with Crippen molar-refractivity contribution in [2.45, 2.75) is 45.1 Å². The van der Waals surface area contributed by atoms with E-state index in [4.69, 9.17) is 4.74 Å². The lowest BCUT2D eigenvalue weighted by Crippen LogP contribution is -2.42. The van der Waals surface area contributed by atoms with Crippen LogP contribution in [0.5, 0.6) is 5.75 Å². The molecule has 0 aliphatic heterocycles. The maximum Gasteiger partial charge on any atom is 0.122 e. The van der Waals surface area contributed by atoms with Gasteiger partial charge in [0.1, 0.15) is 5.75 Å². The topological polar surface area (TPSA) is 12.5 Å². The fourth-order valence-electron chi connectivity index (χ4n) is 3.56. The van der Waals surface area contributed by atoms with Crippen molar-refractivity contribution in [3.63, 3.8) is 0 Å². The largest absolute Gasteiger partial charge is 0.496 e. The molecule has 118 valence electrons. The van der Waals surface area contributed by atoms with E-state index in [0.29, 0.717) is 12.0 Å². The summed E-state index contributed by atoms with van der Waals surface area (Å²) in [5, 5.41) is 0. The van der Waals surface area contributed by atoms with Crippen molar-refractivity contribution in [2.24, 2.45) is 0 Å². The minimum absolute atomic E-state index is 0. The third kappa shape index (κ3) is 3.81. The summed E-state index contributed by atoms with van der Waals surface area (Å²) in [7, 11) is 1.77. The molecule has 2 rings (SSSR count). The number of methoxy groups -OCH3 is 1. The minimum atomic E-state index is 0. The summed E-state index contributed by atoms with van der Waals surface area (Å²) in [4.78, 5) is 2.58. The highest BCUT2D eigenvalue weighted by atomic mass is 35.5. The highest BCUT2D eigenvalue weighted by Gasteiger charge is 2.31. The van der Waals surface area contributed by atoms with Crippen LogP contribution in [0.15, 0.2) is 30.9 Å². The normalized spacial score (nSPS) is 20.6. The van der Waals surface area contributed by atoms with Crippen LogP contribution in [0.25, 0.3) is 0 Å². The molecule has 0 radical (unpaired) electrons. The zero-order valence-corrected chi connectivity index (χ0v) is 14.3. The van der Waals surface area contributed by atoms with E-state index in [1.165, 1.54) is 24.0 Å². The van der Waals surface area contributed by atoms with Gasteiger partial charge in [0.05, 0.1) is 7.11 Å². The summed E-state index contributed by atoms with van der Waals surface area (Å²) in [6.45, 7) is 10.7. The van der Waals surface area contributed by atoms with E-state index < -0.39 is 0 Å². The summed E-state index contributed by atoms with van der Waals surface area (Å²) in [5.41, 5.74) is 2.87.